The second kappa shape index (κ2) is 14.3. The van der Waals surface area contributed by atoms with Gasteiger partial charge in [-0.25, -0.2) is 18.2 Å². The summed E-state index contributed by atoms with van der Waals surface area (Å²) in [6.45, 7) is 12.7. The summed E-state index contributed by atoms with van der Waals surface area (Å²) < 4.78 is 44.9. The molecular weight excluding hydrogens is 678 g/mol. The number of methoxy groups -OCH3 is 1. The zero-order chi connectivity index (χ0) is 37.5. The largest absolute Gasteiger partial charge is 0.497 e. The number of hydrogen-bond donors (Lipinski definition) is 2. The standard InChI is InChI=1S/C36H49N5O9S/c1-9-21(3)29(40(7)34(45)50-35(4,5)6)32(43)41-20-25(49-31-27-14-11-24(48-8)17-22(27)15-16-37-31)18-28(41)30(42)38-36(19-23(36)10-2)33(44)39-51(46,47)26-12-13-26/h10-11,14-17,21,23,25-26,28-29H,2,9,12-13,18-20H2,1,3-8H3,(H,38,42)(H,39,44)/t21-,23+,25?,28-,29?,36+/m0/s1. The van der Waals surface area contributed by atoms with Crippen LogP contribution >= 0.6 is 0 Å². The zero-order valence-electron chi connectivity index (χ0n) is 30.3. The van der Waals surface area contributed by atoms with Crippen LogP contribution in [0.3, 0.4) is 0 Å². The number of nitrogens with one attached hydrogen (secondary N) is 2. The Morgan fingerprint density at radius 2 is 1.90 bits per heavy atom. The number of carbonyl (C=O) groups is 4. The van der Waals surface area contributed by atoms with Crippen molar-refractivity contribution in [3.63, 3.8) is 0 Å². The van der Waals surface area contributed by atoms with Gasteiger partial charge in [-0.3, -0.25) is 24.0 Å². The van der Waals surface area contributed by atoms with Crippen molar-refractivity contribution >= 4 is 44.6 Å². The van der Waals surface area contributed by atoms with E-state index in [4.69, 9.17) is 14.2 Å². The van der Waals surface area contributed by atoms with E-state index in [0.29, 0.717) is 36.3 Å². The van der Waals surface area contributed by atoms with Gasteiger partial charge in [0.15, 0.2) is 0 Å². The number of fused-ring (bicyclic) bond motifs is 1. The molecule has 1 aromatic heterocycles. The highest BCUT2D eigenvalue weighted by Crippen LogP contribution is 2.45. The Bertz CT molecular complexity index is 1810. The van der Waals surface area contributed by atoms with Gasteiger partial charge in [0.05, 0.1) is 18.9 Å². The van der Waals surface area contributed by atoms with Gasteiger partial charge >= 0.3 is 6.09 Å². The smallest absolute Gasteiger partial charge is 0.410 e. The average Bonchev–Trinajstić information content (AvgIpc) is 4.00. The third-order valence-electron chi connectivity index (χ3n) is 9.85. The first kappa shape index (κ1) is 37.8. The van der Waals surface area contributed by atoms with Gasteiger partial charge in [0.1, 0.15) is 35.1 Å². The molecule has 14 nitrogen and oxygen atoms in total. The van der Waals surface area contributed by atoms with E-state index in [1.807, 2.05) is 32.0 Å². The van der Waals surface area contributed by atoms with Crippen LogP contribution in [0.1, 0.15) is 66.7 Å². The topological polar surface area (TPSA) is 174 Å². The van der Waals surface area contributed by atoms with E-state index in [9.17, 15) is 27.6 Å². The van der Waals surface area contributed by atoms with Crippen molar-refractivity contribution < 1.29 is 41.8 Å². The zero-order valence-corrected chi connectivity index (χ0v) is 31.1. The Labute approximate surface area is 299 Å². The van der Waals surface area contributed by atoms with Crippen LogP contribution in [0.25, 0.3) is 10.8 Å². The second-order valence-corrected chi connectivity index (χ2v) is 16.8. The molecule has 1 aromatic carbocycles. The van der Waals surface area contributed by atoms with Crippen LogP contribution in [0, 0.1) is 11.8 Å². The summed E-state index contributed by atoms with van der Waals surface area (Å²) in [5.74, 6) is -1.88. The van der Waals surface area contributed by atoms with Crippen LogP contribution in [-0.4, -0.2) is 102 Å². The molecule has 0 spiro atoms. The predicted octanol–water partition coefficient (Wildman–Crippen LogP) is 3.54. The Hall–Kier alpha value is -4.40. The third kappa shape index (κ3) is 8.08. The fourth-order valence-electron chi connectivity index (χ4n) is 6.53. The SMILES string of the molecule is C=C[C@@H]1C[C@]1(NC(=O)[C@@H]1CC(Oc2nccc3cc(OC)ccc23)CN1C(=O)C([C@@H](C)CC)N(C)C(=O)OC(C)(C)C)C(=O)NS(=O)(=O)C1CC1. The summed E-state index contributed by atoms with van der Waals surface area (Å²) in [5, 5.41) is 3.67. The molecule has 5 rings (SSSR count). The lowest BCUT2D eigenvalue weighted by Crippen LogP contribution is -2.59. The molecule has 2 aromatic rings. The molecule has 2 aliphatic carbocycles. The predicted molar refractivity (Wildman–Crippen MR) is 189 cm³/mol. The molecule has 0 bridgehead atoms. The molecule has 3 fully saturated rings. The highest BCUT2D eigenvalue weighted by molar-refractivity contribution is 7.91. The van der Waals surface area contributed by atoms with Crippen LogP contribution in [0.4, 0.5) is 4.79 Å². The molecule has 2 heterocycles. The first-order chi connectivity index (χ1) is 23.9. The lowest BCUT2D eigenvalue weighted by molar-refractivity contribution is -0.144. The minimum atomic E-state index is -3.89. The van der Waals surface area contributed by atoms with Crippen molar-refractivity contribution in [3.8, 4) is 11.6 Å². The van der Waals surface area contributed by atoms with Gasteiger partial charge in [0.2, 0.25) is 27.7 Å². The van der Waals surface area contributed by atoms with Crippen LogP contribution in [0.5, 0.6) is 11.6 Å². The van der Waals surface area contributed by atoms with E-state index >= 15 is 0 Å². The molecule has 2 N–H and O–H groups in total. The van der Waals surface area contributed by atoms with E-state index in [-0.39, 0.29) is 25.3 Å². The number of sulfonamides is 1. The summed E-state index contributed by atoms with van der Waals surface area (Å²) >= 11 is 0. The average molecular weight is 728 g/mol. The number of aromatic nitrogens is 1. The Morgan fingerprint density at radius 1 is 1.20 bits per heavy atom. The van der Waals surface area contributed by atoms with Gasteiger partial charge in [0.25, 0.3) is 5.91 Å². The number of amides is 4. The minimum Gasteiger partial charge on any atom is -0.497 e. The van der Waals surface area contributed by atoms with Gasteiger partial charge in [-0.05, 0) is 75.6 Å². The minimum absolute atomic E-state index is 0.0274. The molecule has 2 saturated carbocycles. The summed E-state index contributed by atoms with van der Waals surface area (Å²) in [7, 11) is -0.829. The summed E-state index contributed by atoms with van der Waals surface area (Å²) in [5.41, 5.74) is -2.36. The normalized spacial score (nSPS) is 24.2. The fourth-order valence-corrected chi connectivity index (χ4v) is 7.90. The van der Waals surface area contributed by atoms with E-state index in [2.05, 4.69) is 21.6 Å². The molecule has 3 aliphatic rings. The van der Waals surface area contributed by atoms with Gasteiger partial charge in [-0.15, -0.1) is 6.58 Å². The lowest BCUT2D eigenvalue weighted by Gasteiger charge is -2.36. The number of carbonyl (C=O) groups excluding carboxylic acids is 4. The van der Waals surface area contributed by atoms with Crippen molar-refractivity contribution in [1.29, 1.82) is 0 Å². The van der Waals surface area contributed by atoms with Crippen molar-refractivity contribution in [3.05, 3.63) is 43.1 Å². The van der Waals surface area contributed by atoms with E-state index in [0.717, 1.165) is 5.39 Å². The molecule has 1 aliphatic heterocycles. The molecule has 6 atom stereocenters. The van der Waals surface area contributed by atoms with Crippen LogP contribution in [-0.2, 0) is 29.1 Å². The molecular formula is C36H49N5O9S. The summed E-state index contributed by atoms with van der Waals surface area (Å²) in [4.78, 5) is 62.7. The van der Waals surface area contributed by atoms with E-state index in [1.54, 1.807) is 40.1 Å². The first-order valence-corrected chi connectivity index (χ1v) is 18.9. The molecule has 51 heavy (non-hydrogen) atoms. The fraction of sp³-hybridized carbons (Fsp3) is 0.583. The van der Waals surface area contributed by atoms with Crippen molar-refractivity contribution in [1.82, 2.24) is 24.8 Å². The molecule has 4 amide bonds. The highest BCUT2D eigenvalue weighted by atomic mass is 32.2. The maximum absolute atomic E-state index is 14.6. The maximum atomic E-state index is 14.6. The molecule has 15 heteroatoms. The number of rotatable bonds is 13. The van der Waals surface area contributed by atoms with Gasteiger partial charge in [-0.1, -0.05) is 26.3 Å². The quantitative estimate of drug-likeness (QED) is 0.291. The van der Waals surface area contributed by atoms with Crippen molar-refractivity contribution in [2.24, 2.45) is 11.8 Å². The van der Waals surface area contributed by atoms with Crippen LogP contribution < -0.4 is 19.5 Å². The molecule has 278 valence electrons. The van der Waals surface area contributed by atoms with Crippen LogP contribution in [0.2, 0.25) is 0 Å². The Balaban J connectivity index is 1.46. The third-order valence-corrected chi connectivity index (χ3v) is 11.7. The number of nitrogens with zero attached hydrogens (tertiary/aromatic N) is 3. The molecule has 2 unspecified atom stereocenters. The first-order valence-electron chi connectivity index (χ1n) is 17.3. The summed E-state index contributed by atoms with van der Waals surface area (Å²) in [6.07, 6.45) is 3.34. The van der Waals surface area contributed by atoms with Crippen molar-refractivity contribution in [2.45, 2.75) is 101 Å². The van der Waals surface area contributed by atoms with Gasteiger partial charge in [0, 0.05) is 31.0 Å². The number of pyridine rings is 1. The number of likely N-dealkylation sites (N-methyl/N-ethyl adjacent to an activating group) is 1. The van der Waals surface area contributed by atoms with Gasteiger partial charge < -0.3 is 24.4 Å². The Kier molecular flexibility index (Phi) is 10.6. The number of likely N-dealkylation sites (tertiary alicyclic amines) is 1. The van der Waals surface area contributed by atoms with Crippen molar-refractivity contribution in [2.75, 3.05) is 20.7 Å². The lowest BCUT2D eigenvalue weighted by atomic mass is 9.96. The highest BCUT2D eigenvalue weighted by Gasteiger charge is 2.62. The number of benzene rings is 1. The summed E-state index contributed by atoms with van der Waals surface area (Å²) in [6, 6.07) is 5.12. The maximum Gasteiger partial charge on any atom is 0.410 e. The van der Waals surface area contributed by atoms with E-state index in [1.165, 1.54) is 22.9 Å². The number of hydrogen-bond acceptors (Lipinski definition) is 10. The van der Waals surface area contributed by atoms with Crippen LogP contribution in [0.15, 0.2) is 43.1 Å². The van der Waals surface area contributed by atoms with E-state index < -0.39 is 74.3 Å². The van der Waals surface area contributed by atoms with Gasteiger partial charge in [-0.2, -0.15) is 0 Å². The monoisotopic (exact) mass is 727 g/mol. The Morgan fingerprint density at radius 3 is 2.49 bits per heavy atom. The molecule has 0 radical (unpaired) electrons. The second-order valence-electron chi connectivity index (χ2n) is 14.8. The number of ether oxygens (including phenoxy) is 3. The molecule has 1 saturated heterocycles.